The molecule has 146 valence electrons. The molecule has 1 atom stereocenters. The van der Waals surface area contributed by atoms with Gasteiger partial charge in [0, 0.05) is 23.7 Å². The molecule has 0 radical (unpaired) electrons. The highest BCUT2D eigenvalue weighted by Gasteiger charge is 2.32. The number of hydrogen-bond acceptors (Lipinski definition) is 3. The summed E-state index contributed by atoms with van der Waals surface area (Å²) in [5.74, 6) is 0. The van der Waals surface area contributed by atoms with Crippen LogP contribution in [0.3, 0.4) is 0 Å². The molecule has 4 rings (SSSR count). The maximum atomic E-state index is 12.9. The van der Waals surface area contributed by atoms with Crippen LogP contribution in [-0.2, 0) is 17.9 Å². The normalized spacial score (nSPS) is 17.1. The number of rotatable bonds is 4. The second kappa shape index (κ2) is 8.74. The molecule has 29 heavy (non-hydrogen) atoms. The highest BCUT2D eigenvalue weighted by atomic mass is 16.6. The summed E-state index contributed by atoms with van der Waals surface area (Å²) in [6, 6.07) is 27.9. The van der Waals surface area contributed by atoms with Gasteiger partial charge in [-0.15, -0.1) is 0 Å². The molecule has 3 aromatic carbocycles. The van der Waals surface area contributed by atoms with E-state index in [1.807, 2.05) is 79.7 Å². The van der Waals surface area contributed by atoms with Gasteiger partial charge in [0.05, 0.1) is 12.2 Å². The molecule has 1 unspecified atom stereocenters. The Bertz CT molecular complexity index is 1000. The summed E-state index contributed by atoms with van der Waals surface area (Å²) in [5, 5.41) is 0. The van der Waals surface area contributed by atoms with E-state index in [0.29, 0.717) is 13.0 Å². The molecule has 0 fully saturated rings. The van der Waals surface area contributed by atoms with Crippen molar-refractivity contribution in [2.45, 2.75) is 32.5 Å². The van der Waals surface area contributed by atoms with Gasteiger partial charge in [-0.3, -0.25) is 9.89 Å². The van der Waals surface area contributed by atoms with Crippen LogP contribution in [0.1, 0.15) is 30.0 Å². The molecule has 4 nitrogen and oxygen atoms in total. The topological polar surface area (TPSA) is 41.9 Å². The SMILES string of the molecule is CC1C/C(=N\Cc2ccccc2)c2ccccc2N1C(=O)OCc1ccccc1. The summed E-state index contributed by atoms with van der Waals surface area (Å²) in [6.07, 6.45) is 0.375. The Hall–Kier alpha value is -3.40. The molecular weight excluding hydrogens is 360 g/mol. The number of hydrogen-bond donors (Lipinski definition) is 0. The van der Waals surface area contributed by atoms with E-state index in [2.05, 4.69) is 12.1 Å². The molecule has 3 aromatic rings. The number of anilines is 1. The lowest BCUT2D eigenvalue weighted by Crippen LogP contribution is -2.44. The van der Waals surface area contributed by atoms with Crippen LogP contribution in [-0.4, -0.2) is 17.8 Å². The molecule has 1 aliphatic heterocycles. The van der Waals surface area contributed by atoms with Crippen molar-refractivity contribution in [1.29, 1.82) is 0 Å². The molecule has 1 amide bonds. The average molecular weight is 384 g/mol. The Morgan fingerprint density at radius 3 is 2.28 bits per heavy atom. The van der Waals surface area contributed by atoms with Gasteiger partial charge in [-0.2, -0.15) is 0 Å². The number of aliphatic imine (C=N–C) groups is 1. The number of carbonyl (C=O) groups is 1. The van der Waals surface area contributed by atoms with Crippen LogP contribution in [0.4, 0.5) is 10.5 Å². The zero-order chi connectivity index (χ0) is 20.1. The predicted molar refractivity (Wildman–Crippen MR) is 116 cm³/mol. The van der Waals surface area contributed by atoms with Crippen molar-refractivity contribution in [3.8, 4) is 0 Å². The third kappa shape index (κ3) is 4.37. The van der Waals surface area contributed by atoms with Crippen molar-refractivity contribution in [3.63, 3.8) is 0 Å². The van der Waals surface area contributed by atoms with Crippen LogP contribution in [0.25, 0.3) is 0 Å². The van der Waals surface area contributed by atoms with Crippen LogP contribution < -0.4 is 4.90 Å². The van der Waals surface area contributed by atoms with Crippen molar-refractivity contribution >= 4 is 17.5 Å². The number of fused-ring (bicyclic) bond motifs is 1. The average Bonchev–Trinajstić information content (AvgIpc) is 2.77. The highest BCUT2D eigenvalue weighted by Crippen LogP contribution is 2.32. The van der Waals surface area contributed by atoms with E-state index in [1.165, 1.54) is 5.56 Å². The van der Waals surface area contributed by atoms with Gasteiger partial charge in [0.1, 0.15) is 6.61 Å². The molecule has 1 heterocycles. The van der Waals surface area contributed by atoms with Crippen molar-refractivity contribution in [2.75, 3.05) is 4.90 Å². The fourth-order valence-electron chi connectivity index (χ4n) is 3.63. The second-order valence-corrected chi connectivity index (χ2v) is 7.23. The summed E-state index contributed by atoms with van der Waals surface area (Å²) >= 11 is 0. The predicted octanol–water partition coefficient (Wildman–Crippen LogP) is 5.61. The van der Waals surface area contributed by atoms with Crippen molar-refractivity contribution < 1.29 is 9.53 Å². The van der Waals surface area contributed by atoms with Gasteiger partial charge < -0.3 is 4.74 Å². The van der Waals surface area contributed by atoms with E-state index in [4.69, 9.17) is 9.73 Å². The quantitative estimate of drug-likeness (QED) is 0.586. The van der Waals surface area contributed by atoms with Crippen molar-refractivity contribution in [1.82, 2.24) is 0 Å². The molecule has 0 N–H and O–H groups in total. The lowest BCUT2D eigenvalue weighted by atomic mass is 9.94. The Balaban J connectivity index is 1.55. The van der Waals surface area contributed by atoms with Crippen LogP contribution in [0.2, 0.25) is 0 Å². The van der Waals surface area contributed by atoms with Gasteiger partial charge in [-0.25, -0.2) is 4.79 Å². The molecule has 0 bridgehead atoms. The first kappa shape index (κ1) is 18.9. The molecule has 0 saturated carbocycles. The minimum Gasteiger partial charge on any atom is -0.444 e. The number of para-hydroxylation sites is 1. The van der Waals surface area contributed by atoms with E-state index < -0.39 is 0 Å². The van der Waals surface area contributed by atoms with Gasteiger partial charge in [0.25, 0.3) is 0 Å². The summed E-state index contributed by atoms with van der Waals surface area (Å²) in [5.41, 5.74) is 5.04. The third-order valence-corrected chi connectivity index (χ3v) is 5.10. The van der Waals surface area contributed by atoms with Crippen LogP contribution in [0.5, 0.6) is 0 Å². The zero-order valence-electron chi connectivity index (χ0n) is 16.5. The molecule has 4 heteroatoms. The van der Waals surface area contributed by atoms with Gasteiger partial charge in [-0.05, 0) is 24.1 Å². The first-order chi connectivity index (χ1) is 14.2. The first-order valence-corrected chi connectivity index (χ1v) is 9.89. The van der Waals surface area contributed by atoms with Crippen molar-refractivity contribution in [2.24, 2.45) is 4.99 Å². The van der Waals surface area contributed by atoms with E-state index in [0.717, 1.165) is 22.5 Å². The van der Waals surface area contributed by atoms with Crippen LogP contribution in [0, 0.1) is 0 Å². The van der Waals surface area contributed by atoms with Gasteiger partial charge in [0.15, 0.2) is 0 Å². The monoisotopic (exact) mass is 384 g/mol. The molecule has 1 aliphatic rings. The first-order valence-electron chi connectivity index (χ1n) is 9.89. The van der Waals surface area contributed by atoms with Crippen molar-refractivity contribution in [3.05, 3.63) is 102 Å². The summed E-state index contributed by atoms with van der Waals surface area (Å²) < 4.78 is 5.61. The standard InChI is InChI=1S/C25H24N2O2/c1-19-16-23(26-17-20-10-4-2-5-11-20)22-14-8-9-15-24(22)27(19)25(28)29-18-21-12-6-3-7-13-21/h2-15,19H,16-18H2,1H3/b26-23+. The molecule has 0 spiro atoms. The summed E-state index contributed by atoms with van der Waals surface area (Å²) in [6.45, 7) is 2.94. The number of amides is 1. The molecule has 0 aliphatic carbocycles. The highest BCUT2D eigenvalue weighted by molar-refractivity contribution is 6.10. The van der Waals surface area contributed by atoms with Gasteiger partial charge >= 0.3 is 6.09 Å². The Morgan fingerprint density at radius 2 is 1.55 bits per heavy atom. The smallest absolute Gasteiger partial charge is 0.414 e. The number of nitrogens with zero attached hydrogens (tertiary/aromatic N) is 2. The summed E-state index contributed by atoms with van der Waals surface area (Å²) in [7, 11) is 0. The minimum atomic E-state index is -0.323. The maximum absolute atomic E-state index is 12.9. The number of benzene rings is 3. The Labute approximate surface area is 171 Å². The fourth-order valence-corrected chi connectivity index (χ4v) is 3.63. The van der Waals surface area contributed by atoms with Gasteiger partial charge in [0.2, 0.25) is 0 Å². The Kier molecular flexibility index (Phi) is 5.71. The van der Waals surface area contributed by atoms with E-state index in [9.17, 15) is 4.79 Å². The minimum absolute atomic E-state index is 0.0253. The fraction of sp³-hybridized carbons (Fsp3) is 0.200. The zero-order valence-corrected chi connectivity index (χ0v) is 16.5. The second-order valence-electron chi connectivity index (χ2n) is 7.23. The molecule has 0 aromatic heterocycles. The van der Waals surface area contributed by atoms with E-state index >= 15 is 0 Å². The summed E-state index contributed by atoms with van der Waals surface area (Å²) in [4.78, 5) is 19.5. The van der Waals surface area contributed by atoms with Crippen LogP contribution >= 0.6 is 0 Å². The maximum Gasteiger partial charge on any atom is 0.414 e. The Morgan fingerprint density at radius 1 is 0.931 bits per heavy atom. The number of ether oxygens (including phenoxy) is 1. The largest absolute Gasteiger partial charge is 0.444 e. The number of carbonyl (C=O) groups excluding carboxylic acids is 1. The van der Waals surface area contributed by atoms with E-state index in [-0.39, 0.29) is 18.7 Å². The van der Waals surface area contributed by atoms with E-state index in [1.54, 1.807) is 4.90 Å². The lowest BCUT2D eigenvalue weighted by Gasteiger charge is -2.35. The van der Waals surface area contributed by atoms with Gasteiger partial charge in [-0.1, -0.05) is 78.9 Å². The lowest BCUT2D eigenvalue weighted by molar-refractivity contribution is 0.145. The van der Waals surface area contributed by atoms with Crippen LogP contribution in [0.15, 0.2) is 89.9 Å². The molecular formula is C25H24N2O2. The molecule has 0 saturated heterocycles. The third-order valence-electron chi connectivity index (χ3n) is 5.10.